The first kappa shape index (κ1) is 14.0. The lowest BCUT2D eigenvalue weighted by Crippen LogP contribution is -2.29. The second-order valence-corrected chi connectivity index (χ2v) is 3.50. The SMILES string of the molecule is CN1CCC(C)(CN)C1.Cl.Cl. The van der Waals surface area contributed by atoms with Gasteiger partial charge in [0.2, 0.25) is 0 Å². The molecule has 1 atom stereocenters. The van der Waals surface area contributed by atoms with E-state index in [1.54, 1.807) is 0 Å². The highest BCUT2D eigenvalue weighted by Crippen LogP contribution is 2.26. The number of hydrogen-bond acceptors (Lipinski definition) is 2. The average Bonchev–Trinajstić information content (AvgIpc) is 2.13. The molecule has 1 saturated heterocycles. The van der Waals surface area contributed by atoms with Crippen molar-refractivity contribution in [3.63, 3.8) is 0 Å². The summed E-state index contributed by atoms with van der Waals surface area (Å²) in [7, 11) is 2.15. The van der Waals surface area contributed by atoms with E-state index in [1.807, 2.05) is 0 Å². The van der Waals surface area contributed by atoms with Crippen LogP contribution in [0.15, 0.2) is 0 Å². The number of nitrogens with two attached hydrogens (primary N) is 1. The summed E-state index contributed by atoms with van der Waals surface area (Å²) in [5.74, 6) is 0. The van der Waals surface area contributed by atoms with Crippen LogP contribution in [0, 0.1) is 5.41 Å². The van der Waals surface area contributed by atoms with E-state index < -0.39 is 0 Å². The first-order chi connectivity index (χ1) is 4.16. The topological polar surface area (TPSA) is 29.3 Å². The number of nitrogens with zero attached hydrogens (tertiary/aromatic N) is 1. The summed E-state index contributed by atoms with van der Waals surface area (Å²) < 4.78 is 0. The Morgan fingerprint density at radius 3 is 2.18 bits per heavy atom. The molecular weight excluding hydrogens is 183 g/mol. The summed E-state index contributed by atoms with van der Waals surface area (Å²) in [6.45, 7) is 5.48. The molecule has 1 fully saturated rings. The van der Waals surface area contributed by atoms with Crippen LogP contribution in [0.1, 0.15) is 13.3 Å². The van der Waals surface area contributed by atoms with Crippen molar-refractivity contribution >= 4 is 24.8 Å². The molecule has 2 nitrogen and oxygen atoms in total. The average molecular weight is 201 g/mol. The van der Waals surface area contributed by atoms with Crippen LogP contribution in [-0.4, -0.2) is 31.6 Å². The molecule has 1 unspecified atom stereocenters. The van der Waals surface area contributed by atoms with Gasteiger partial charge in [0.25, 0.3) is 0 Å². The summed E-state index contributed by atoms with van der Waals surface area (Å²) in [4.78, 5) is 2.34. The normalized spacial score (nSPS) is 30.8. The summed E-state index contributed by atoms with van der Waals surface area (Å²) >= 11 is 0. The molecule has 0 bridgehead atoms. The van der Waals surface area contributed by atoms with Crippen LogP contribution in [0.3, 0.4) is 0 Å². The first-order valence-corrected chi connectivity index (χ1v) is 3.55. The molecule has 1 aliphatic rings. The van der Waals surface area contributed by atoms with Crippen LogP contribution in [0.5, 0.6) is 0 Å². The Morgan fingerprint density at radius 2 is 2.00 bits per heavy atom. The van der Waals surface area contributed by atoms with Gasteiger partial charge in [-0.1, -0.05) is 6.92 Å². The van der Waals surface area contributed by atoms with Crippen molar-refractivity contribution in [2.24, 2.45) is 11.1 Å². The van der Waals surface area contributed by atoms with Gasteiger partial charge in [-0.25, -0.2) is 0 Å². The van der Waals surface area contributed by atoms with E-state index in [1.165, 1.54) is 19.5 Å². The molecule has 1 rings (SSSR count). The van der Waals surface area contributed by atoms with Gasteiger partial charge in [0.05, 0.1) is 0 Å². The Morgan fingerprint density at radius 1 is 1.45 bits per heavy atom. The van der Waals surface area contributed by atoms with Gasteiger partial charge in [-0.15, -0.1) is 24.8 Å². The van der Waals surface area contributed by atoms with Gasteiger partial charge in [0.15, 0.2) is 0 Å². The minimum absolute atomic E-state index is 0. The maximum Gasteiger partial charge on any atom is 0.00448 e. The second-order valence-electron chi connectivity index (χ2n) is 3.50. The van der Waals surface area contributed by atoms with Crippen LogP contribution in [0.2, 0.25) is 0 Å². The lowest BCUT2D eigenvalue weighted by Gasteiger charge is -2.20. The van der Waals surface area contributed by atoms with Gasteiger partial charge in [-0.2, -0.15) is 0 Å². The first-order valence-electron chi connectivity index (χ1n) is 3.55. The number of halogens is 2. The van der Waals surface area contributed by atoms with E-state index in [2.05, 4.69) is 18.9 Å². The van der Waals surface area contributed by atoms with Crippen molar-refractivity contribution in [1.82, 2.24) is 4.90 Å². The van der Waals surface area contributed by atoms with Crippen molar-refractivity contribution in [2.45, 2.75) is 13.3 Å². The molecule has 0 spiro atoms. The molecule has 70 valence electrons. The van der Waals surface area contributed by atoms with Crippen molar-refractivity contribution in [1.29, 1.82) is 0 Å². The van der Waals surface area contributed by atoms with E-state index in [4.69, 9.17) is 5.73 Å². The Labute approximate surface area is 81.3 Å². The number of likely N-dealkylation sites (tertiary alicyclic amines) is 1. The minimum atomic E-state index is 0. The van der Waals surface area contributed by atoms with Crippen molar-refractivity contribution < 1.29 is 0 Å². The molecule has 2 N–H and O–H groups in total. The fraction of sp³-hybridized carbons (Fsp3) is 1.00. The smallest absolute Gasteiger partial charge is 0.00448 e. The number of rotatable bonds is 1. The molecule has 11 heavy (non-hydrogen) atoms. The monoisotopic (exact) mass is 200 g/mol. The van der Waals surface area contributed by atoms with Crippen molar-refractivity contribution in [3.05, 3.63) is 0 Å². The predicted molar refractivity (Wildman–Crippen MR) is 53.8 cm³/mol. The Balaban J connectivity index is 0. The van der Waals surface area contributed by atoms with E-state index in [0.717, 1.165) is 6.54 Å². The Hall–Kier alpha value is 0.500. The summed E-state index contributed by atoms with van der Waals surface area (Å²) in [5, 5.41) is 0. The van der Waals surface area contributed by atoms with Crippen molar-refractivity contribution in [3.8, 4) is 0 Å². The maximum absolute atomic E-state index is 5.60. The fourth-order valence-electron chi connectivity index (χ4n) is 1.44. The third-order valence-corrected chi connectivity index (χ3v) is 2.24. The van der Waals surface area contributed by atoms with E-state index in [0.29, 0.717) is 5.41 Å². The minimum Gasteiger partial charge on any atom is -0.330 e. The molecule has 0 radical (unpaired) electrons. The Bertz CT molecular complexity index is 111. The molecule has 1 aliphatic heterocycles. The number of hydrogen-bond donors (Lipinski definition) is 1. The Kier molecular flexibility index (Phi) is 6.64. The highest BCUT2D eigenvalue weighted by Gasteiger charge is 2.29. The zero-order valence-corrected chi connectivity index (χ0v) is 8.80. The van der Waals surface area contributed by atoms with Gasteiger partial charge >= 0.3 is 0 Å². The van der Waals surface area contributed by atoms with E-state index >= 15 is 0 Å². The highest BCUT2D eigenvalue weighted by atomic mass is 35.5. The molecule has 0 saturated carbocycles. The lowest BCUT2D eigenvalue weighted by molar-refractivity contribution is 0.318. The predicted octanol–water partition coefficient (Wildman–Crippen LogP) is 1.13. The van der Waals surface area contributed by atoms with Gasteiger partial charge < -0.3 is 10.6 Å². The van der Waals surface area contributed by atoms with Crippen LogP contribution in [0.4, 0.5) is 0 Å². The molecule has 1 heterocycles. The molecule has 0 amide bonds. The fourth-order valence-corrected chi connectivity index (χ4v) is 1.44. The van der Waals surface area contributed by atoms with Crippen LogP contribution < -0.4 is 5.73 Å². The molecular formula is C7H18Cl2N2. The molecule has 0 aromatic rings. The van der Waals surface area contributed by atoms with Gasteiger partial charge in [0, 0.05) is 6.54 Å². The van der Waals surface area contributed by atoms with Gasteiger partial charge in [-0.05, 0) is 32.0 Å². The molecule has 4 heteroatoms. The highest BCUT2D eigenvalue weighted by molar-refractivity contribution is 5.85. The summed E-state index contributed by atoms with van der Waals surface area (Å²) in [6.07, 6.45) is 1.26. The standard InChI is InChI=1S/C7H16N2.2ClH/c1-7(5-8)3-4-9(2)6-7;;/h3-6,8H2,1-2H3;2*1H. The van der Waals surface area contributed by atoms with E-state index in [9.17, 15) is 0 Å². The maximum atomic E-state index is 5.60. The molecule has 0 aromatic carbocycles. The van der Waals surface area contributed by atoms with Gasteiger partial charge in [-0.3, -0.25) is 0 Å². The molecule has 0 aromatic heterocycles. The summed E-state index contributed by atoms with van der Waals surface area (Å²) in [6, 6.07) is 0. The van der Waals surface area contributed by atoms with Crippen LogP contribution in [0.25, 0.3) is 0 Å². The van der Waals surface area contributed by atoms with Gasteiger partial charge in [0.1, 0.15) is 0 Å². The zero-order valence-electron chi connectivity index (χ0n) is 7.17. The third-order valence-electron chi connectivity index (χ3n) is 2.24. The third kappa shape index (κ3) is 3.61. The molecule has 0 aliphatic carbocycles. The lowest BCUT2D eigenvalue weighted by atomic mass is 9.90. The zero-order chi connectivity index (χ0) is 6.91. The second kappa shape index (κ2) is 5.20. The van der Waals surface area contributed by atoms with Crippen LogP contribution >= 0.6 is 24.8 Å². The van der Waals surface area contributed by atoms with Crippen LogP contribution in [-0.2, 0) is 0 Å². The summed E-state index contributed by atoms with van der Waals surface area (Å²) in [5.41, 5.74) is 6.02. The van der Waals surface area contributed by atoms with Crippen molar-refractivity contribution in [2.75, 3.05) is 26.7 Å². The van der Waals surface area contributed by atoms with E-state index in [-0.39, 0.29) is 24.8 Å². The largest absolute Gasteiger partial charge is 0.330 e. The quantitative estimate of drug-likeness (QED) is 0.689.